The predicted molar refractivity (Wildman–Crippen MR) is 75.2 cm³/mol. The molecule has 1 rings (SSSR count). The monoisotopic (exact) mass is 298 g/mol. The summed E-state index contributed by atoms with van der Waals surface area (Å²) in [6, 6.07) is 3.66. The quantitative estimate of drug-likeness (QED) is 0.671. The van der Waals surface area contributed by atoms with Crippen LogP contribution in [-0.4, -0.2) is 24.3 Å². The number of ketones is 1. The number of nitrogen functional groups attached to an aromatic ring is 1. The van der Waals surface area contributed by atoms with Gasteiger partial charge < -0.3 is 10.6 Å². The molecule has 94 valence electrons. The van der Waals surface area contributed by atoms with Crippen LogP contribution >= 0.6 is 15.9 Å². The SMILES string of the molecule is CCCN(C)Cc1cc(C(C)=O)cc(Br)c1N. The zero-order valence-electron chi connectivity index (χ0n) is 10.6. The van der Waals surface area contributed by atoms with E-state index in [1.54, 1.807) is 13.0 Å². The molecule has 0 fully saturated rings. The van der Waals surface area contributed by atoms with Crippen LogP contribution in [0.1, 0.15) is 36.2 Å². The summed E-state index contributed by atoms with van der Waals surface area (Å²) in [6.07, 6.45) is 1.10. The van der Waals surface area contributed by atoms with E-state index in [4.69, 9.17) is 5.73 Å². The van der Waals surface area contributed by atoms with Crippen molar-refractivity contribution >= 4 is 27.4 Å². The second kappa shape index (κ2) is 6.17. The molecule has 0 radical (unpaired) electrons. The fourth-order valence-electron chi connectivity index (χ4n) is 1.76. The van der Waals surface area contributed by atoms with Gasteiger partial charge in [-0.3, -0.25) is 4.79 Å². The fraction of sp³-hybridized carbons (Fsp3) is 0.462. The Kier molecular flexibility index (Phi) is 5.15. The largest absolute Gasteiger partial charge is 0.398 e. The van der Waals surface area contributed by atoms with Crippen molar-refractivity contribution in [3.63, 3.8) is 0 Å². The van der Waals surface area contributed by atoms with Gasteiger partial charge in [0.05, 0.1) is 5.69 Å². The zero-order valence-corrected chi connectivity index (χ0v) is 12.2. The summed E-state index contributed by atoms with van der Waals surface area (Å²) in [6.45, 7) is 5.49. The molecule has 1 aromatic rings. The molecule has 4 heteroatoms. The molecule has 17 heavy (non-hydrogen) atoms. The number of hydrogen-bond donors (Lipinski definition) is 1. The van der Waals surface area contributed by atoms with Crippen LogP contribution in [0.2, 0.25) is 0 Å². The van der Waals surface area contributed by atoms with Gasteiger partial charge in [0.15, 0.2) is 5.78 Å². The normalized spacial score (nSPS) is 10.9. The van der Waals surface area contributed by atoms with Gasteiger partial charge in [0.25, 0.3) is 0 Å². The molecule has 1 aromatic carbocycles. The minimum atomic E-state index is 0.0603. The van der Waals surface area contributed by atoms with Crippen LogP contribution in [-0.2, 0) is 6.54 Å². The van der Waals surface area contributed by atoms with E-state index in [9.17, 15) is 4.79 Å². The van der Waals surface area contributed by atoms with Crippen LogP contribution in [0.5, 0.6) is 0 Å². The van der Waals surface area contributed by atoms with Gasteiger partial charge in [-0.25, -0.2) is 0 Å². The Morgan fingerprint density at radius 1 is 1.47 bits per heavy atom. The van der Waals surface area contributed by atoms with Crippen molar-refractivity contribution in [1.29, 1.82) is 0 Å². The van der Waals surface area contributed by atoms with Crippen LogP contribution in [0.4, 0.5) is 5.69 Å². The fourth-order valence-corrected chi connectivity index (χ4v) is 2.26. The highest BCUT2D eigenvalue weighted by Gasteiger charge is 2.10. The average molecular weight is 299 g/mol. The first-order valence-corrected chi connectivity index (χ1v) is 6.52. The standard InChI is InChI=1S/C13H19BrN2O/c1-4-5-16(3)8-11-6-10(9(2)17)7-12(14)13(11)15/h6-7H,4-5,8,15H2,1-3H3. The minimum absolute atomic E-state index is 0.0603. The van der Waals surface area contributed by atoms with Gasteiger partial charge in [-0.1, -0.05) is 6.92 Å². The number of carbonyl (C=O) groups excluding carboxylic acids is 1. The van der Waals surface area contributed by atoms with E-state index < -0.39 is 0 Å². The van der Waals surface area contributed by atoms with Gasteiger partial charge in [-0.15, -0.1) is 0 Å². The molecular weight excluding hydrogens is 280 g/mol. The number of nitrogens with two attached hydrogens (primary N) is 1. The molecule has 0 saturated carbocycles. The van der Waals surface area contributed by atoms with Crippen molar-refractivity contribution in [3.8, 4) is 0 Å². The Morgan fingerprint density at radius 3 is 2.65 bits per heavy atom. The van der Waals surface area contributed by atoms with Crippen molar-refractivity contribution in [2.75, 3.05) is 19.3 Å². The van der Waals surface area contributed by atoms with Gasteiger partial charge in [-0.05, 0) is 60.6 Å². The smallest absolute Gasteiger partial charge is 0.159 e. The predicted octanol–water partition coefficient (Wildman–Crippen LogP) is 3.08. The third-order valence-electron chi connectivity index (χ3n) is 2.67. The topological polar surface area (TPSA) is 46.3 Å². The van der Waals surface area contributed by atoms with E-state index >= 15 is 0 Å². The van der Waals surface area contributed by atoms with Crippen LogP contribution in [0.25, 0.3) is 0 Å². The Morgan fingerprint density at radius 2 is 2.12 bits per heavy atom. The second-order valence-electron chi connectivity index (χ2n) is 4.32. The van der Waals surface area contributed by atoms with Crippen molar-refractivity contribution in [3.05, 3.63) is 27.7 Å². The maximum atomic E-state index is 11.4. The molecule has 0 aromatic heterocycles. The highest BCUT2D eigenvalue weighted by atomic mass is 79.9. The molecule has 0 aliphatic carbocycles. The maximum absolute atomic E-state index is 11.4. The molecule has 2 N–H and O–H groups in total. The van der Waals surface area contributed by atoms with Crippen LogP contribution < -0.4 is 5.73 Å². The summed E-state index contributed by atoms with van der Waals surface area (Å²) in [7, 11) is 2.05. The highest BCUT2D eigenvalue weighted by molar-refractivity contribution is 9.10. The molecule has 3 nitrogen and oxygen atoms in total. The second-order valence-corrected chi connectivity index (χ2v) is 5.18. The van der Waals surface area contributed by atoms with E-state index in [-0.39, 0.29) is 5.78 Å². The Labute approximate surface area is 111 Å². The van der Waals surface area contributed by atoms with Gasteiger partial charge >= 0.3 is 0 Å². The number of Topliss-reactive ketones (excluding diaryl/α,β-unsaturated/α-hetero) is 1. The number of halogens is 1. The molecule has 0 aliphatic heterocycles. The lowest BCUT2D eigenvalue weighted by Crippen LogP contribution is -2.19. The molecule has 0 unspecified atom stereocenters. The summed E-state index contributed by atoms with van der Waals surface area (Å²) in [5, 5.41) is 0. The van der Waals surface area contributed by atoms with E-state index in [2.05, 4.69) is 34.8 Å². The lowest BCUT2D eigenvalue weighted by atomic mass is 10.1. The molecule has 0 atom stereocenters. The molecule has 0 bridgehead atoms. The van der Waals surface area contributed by atoms with Crippen LogP contribution in [0.15, 0.2) is 16.6 Å². The number of hydrogen-bond acceptors (Lipinski definition) is 3. The molecule has 0 spiro atoms. The third kappa shape index (κ3) is 3.82. The van der Waals surface area contributed by atoms with E-state index in [0.29, 0.717) is 5.56 Å². The van der Waals surface area contributed by atoms with Crippen molar-refractivity contribution in [1.82, 2.24) is 4.90 Å². The number of nitrogens with zero attached hydrogens (tertiary/aromatic N) is 1. The first kappa shape index (κ1) is 14.2. The molecule has 0 heterocycles. The summed E-state index contributed by atoms with van der Waals surface area (Å²) >= 11 is 3.40. The summed E-state index contributed by atoms with van der Waals surface area (Å²) in [5.74, 6) is 0.0603. The van der Waals surface area contributed by atoms with E-state index in [1.165, 1.54) is 0 Å². The number of carbonyl (C=O) groups is 1. The number of benzene rings is 1. The third-order valence-corrected chi connectivity index (χ3v) is 3.32. The Bertz CT molecular complexity index is 418. The van der Waals surface area contributed by atoms with Crippen molar-refractivity contribution < 1.29 is 4.79 Å². The molecule has 0 amide bonds. The number of rotatable bonds is 5. The van der Waals surface area contributed by atoms with Gasteiger partial charge in [0.1, 0.15) is 0 Å². The molecular formula is C13H19BrN2O. The average Bonchev–Trinajstić information content (AvgIpc) is 2.24. The van der Waals surface area contributed by atoms with E-state index in [1.807, 2.05) is 6.07 Å². The minimum Gasteiger partial charge on any atom is -0.398 e. The van der Waals surface area contributed by atoms with Crippen LogP contribution in [0.3, 0.4) is 0 Å². The Balaban J connectivity index is 3.01. The van der Waals surface area contributed by atoms with Crippen molar-refractivity contribution in [2.24, 2.45) is 0 Å². The van der Waals surface area contributed by atoms with Gasteiger partial charge in [0.2, 0.25) is 0 Å². The van der Waals surface area contributed by atoms with Crippen molar-refractivity contribution in [2.45, 2.75) is 26.8 Å². The maximum Gasteiger partial charge on any atom is 0.159 e. The first-order chi connectivity index (χ1) is 7.95. The summed E-state index contributed by atoms with van der Waals surface area (Å²) < 4.78 is 0.796. The molecule has 0 saturated heterocycles. The van der Waals surface area contributed by atoms with Gasteiger partial charge in [-0.2, -0.15) is 0 Å². The Hall–Kier alpha value is -0.870. The van der Waals surface area contributed by atoms with Gasteiger partial charge in [0, 0.05) is 16.6 Å². The summed E-state index contributed by atoms with van der Waals surface area (Å²) in [5.41, 5.74) is 8.43. The van der Waals surface area contributed by atoms with E-state index in [0.717, 1.165) is 35.2 Å². The summed E-state index contributed by atoms with van der Waals surface area (Å²) in [4.78, 5) is 13.6. The number of anilines is 1. The highest BCUT2D eigenvalue weighted by Crippen LogP contribution is 2.26. The lowest BCUT2D eigenvalue weighted by molar-refractivity contribution is 0.101. The van der Waals surface area contributed by atoms with Crippen LogP contribution in [0, 0.1) is 0 Å². The lowest BCUT2D eigenvalue weighted by Gasteiger charge is -2.18. The molecule has 0 aliphatic rings. The zero-order chi connectivity index (χ0) is 13.0. The first-order valence-electron chi connectivity index (χ1n) is 5.73.